The molecule has 2 aliphatic rings. The lowest BCUT2D eigenvalue weighted by Gasteiger charge is -2.33. The highest BCUT2D eigenvalue weighted by atomic mass is 35.5. The van der Waals surface area contributed by atoms with Gasteiger partial charge in [0.2, 0.25) is 0 Å². The van der Waals surface area contributed by atoms with E-state index in [9.17, 15) is 9.59 Å². The summed E-state index contributed by atoms with van der Waals surface area (Å²) in [6.45, 7) is 1.71. The van der Waals surface area contributed by atoms with Crippen LogP contribution in [0.4, 0.5) is 5.69 Å². The molecule has 21 heavy (non-hydrogen) atoms. The number of hydrogen-bond acceptors (Lipinski definition) is 3. The highest BCUT2D eigenvalue weighted by Gasteiger charge is 2.36. The van der Waals surface area contributed by atoms with Crippen LogP contribution in [-0.4, -0.2) is 42.8 Å². The number of ketones is 1. The van der Waals surface area contributed by atoms with E-state index in [1.165, 1.54) is 19.3 Å². The van der Waals surface area contributed by atoms with E-state index in [0.717, 1.165) is 13.0 Å². The van der Waals surface area contributed by atoms with Crippen LogP contribution >= 0.6 is 11.6 Å². The van der Waals surface area contributed by atoms with Crippen molar-refractivity contribution in [3.63, 3.8) is 0 Å². The number of rotatable bonds is 3. The predicted octanol–water partition coefficient (Wildman–Crippen LogP) is 2.74. The average molecular weight is 307 g/mol. The van der Waals surface area contributed by atoms with Gasteiger partial charge in [0.1, 0.15) is 0 Å². The van der Waals surface area contributed by atoms with Gasteiger partial charge in [-0.3, -0.25) is 9.59 Å². The maximum Gasteiger partial charge on any atom is 0.299 e. The number of carbonyl (C=O) groups is 2. The standard InChI is InChI=1S/C16H19ClN2O2/c1-18-8-3-2-4-12(18)7-9-19-14-6-5-11(17)10-13(14)15(20)16(19)21/h5-6,10,12H,2-4,7-9H2,1H3. The van der Waals surface area contributed by atoms with Crippen molar-refractivity contribution in [2.45, 2.75) is 31.7 Å². The second-order valence-corrected chi connectivity index (χ2v) is 6.30. The van der Waals surface area contributed by atoms with Crippen LogP contribution in [0.15, 0.2) is 18.2 Å². The van der Waals surface area contributed by atoms with Gasteiger partial charge in [0.15, 0.2) is 0 Å². The van der Waals surface area contributed by atoms with Crippen molar-refractivity contribution < 1.29 is 9.59 Å². The van der Waals surface area contributed by atoms with Crippen molar-refractivity contribution in [1.29, 1.82) is 0 Å². The molecule has 2 heterocycles. The Morgan fingerprint density at radius 2 is 2.10 bits per heavy atom. The number of piperidine rings is 1. The van der Waals surface area contributed by atoms with Gasteiger partial charge in [-0.15, -0.1) is 0 Å². The Morgan fingerprint density at radius 3 is 2.86 bits per heavy atom. The third-order valence-corrected chi connectivity index (χ3v) is 4.78. The summed E-state index contributed by atoms with van der Waals surface area (Å²) >= 11 is 5.91. The van der Waals surface area contributed by atoms with Gasteiger partial charge < -0.3 is 9.80 Å². The quantitative estimate of drug-likeness (QED) is 0.806. The van der Waals surface area contributed by atoms with Crippen molar-refractivity contribution in [2.24, 2.45) is 0 Å². The van der Waals surface area contributed by atoms with Gasteiger partial charge >= 0.3 is 0 Å². The van der Waals surface area contributed by atoms with E-state index in [4.69, 9.17) is 11.6 Å². The molecule has 112 valence electrons. The number of fused-ring (bicyclic) bond motifs is 1. The summed E-state index contributed by atoms with van der Waals surface area (Å²) in [6.07, 6.45) is 4.56. The fourth-order valence-electron chi connectivity index (χ4n) is 3.28. The van der Waals surface area contributed by atoms with Gasteiger partial charge in [-0.2, -0.15) is 0 Å². The molecule has 1 unspecified atom stereocenters. The SMILES string of the molecule is CN1CCCCC1CCN1C(=O)C(=O)c2cc(Cl)ccc21. The second-order valence-electron chi connectivity index (χ2n) is 5.87. The Kier molecular flexibility index (Phi) is 4.00. The van der Waals surface area contributed by atoms with Crippen molar-refractivity contribution in [1.82, 2.24) is 4.90 Å². The minimum absolute atomic E-state index is 0.425. The molecule has 1 atom stereocenters. The first kappa shape index (κ1) is 14.5. The van der Waals surface area contributed by atoms with E-state index >= 15 is 0 Å². The summed E-state index contributed by atoms with van der Waals surface area (Å²) < 4.78 is 0. The van der Waals surface area contributed by atoms with Gasteiger partial charge in [-0.05, 0) is 51.1 Å². The molecule has 1 amide bonds. The van der Waals surface area contributed by atoms with E-state index in [1.54, 1.807) is 23.1 Å². The minimum Gasteiger partial charge on any atom is -0.305 e. The summed E-state index contributed by atoms with van der Waals surface area (Å²) in [7, 11) is 2.13. The molecule has 0 aromatic heterocycles. The van der Waals surface area contributed by atoms with Crippen molar-refractivity contribution in [2.75, 3.05) is 25.0 Å². The minimum atomic E-state index is -0.440. The Hall–Kier alpha value is -1.39. The van der Waals surface area contributed by atoms with Crippen LogP contribution in [0.5, 0.6) is 0 Å². The smallest absolute Gasteiger partial charge is 0.299 e. The summed E-state index contributed by atoms with van der Waals surface area (Å²) in [6, 6.07) is 5.58. The van der Waals surface area contributed by atoms with Crippen molar-refractivity contribution >= 4 is 29.0 Å². The predicted molar refractivity (Wildman–Crippen MR) is 83.0 cm³/mol. The number of hydrogen-bond donors (Lipinski definition) is 0. The first-order valence-corrected chi connectivity index (χ1v) is 7.81. The van der Waals surface area contributed by atoms with Crippen LogP contribution in [0.1, 0.15) is 36.0 Å². The molecular formula is C16H19ClN2O2. The van der Waals surface area contributed by atoms with Crippen LogP contribution in [-0.2, 0) is 4.79 Å². The Bertz CT molecular complexity index is 588. The number of carbonyl (C=O) groups excluding carboxylic acids is 2. The fourth-order valence-corrected chi connectivity index (χ4v) is 3.45. The molecule has 1 saturated heterocycles. The largest absolute Gasteiger partial charge is 0.305 e. The molecule has 0 N–H and O–H groups in total. The molecule has 0 saturated carbocycles. The molecule has 3 rings (SSSR count). The molecular weight excluding hydrogens is 288 g/mol. The van der Waals surface area contributed by atoms with Gasteiger partial charge in [0, 0.05) is 17.6 Å². The van der Waals surface area contributed by atoms with Gasteiger partial charge in [-0.1, -0.05) is 18.0 Å². The van der Waals surface area contributed by atoms with Crippen LogP contribution in [0.2, 0.25) is 5.02 Å². The van der Waals surface area contributed by atoms with Crippen LogP contribution in [0, 0.1) is 0 Å². The number of amides is 1. The zero-order valence-electron chi connectivity index (χ0n) is 12.1. The van der Waals surface area contributed by atoms with E-state index in [1.807, 2.05) is 0 Å². The van der Waals surface area contributed by atoms with Gasteiger partial charge in [0.05, 0.1) is 11.3 Å². The van der Waals surface area contributed by atoms with Gasteiger partial charge in [-0.25, -0.2) is 0 Å². The molecule has 1 aromatic rings. The highest BCUT2D eigenvalue weighted by molar-refractivity contribution is 6.52. The zero-order chi connectivity index (χ0) is 15.0. The lowest BCUT2D eigenvalue weighted by atomic mass is 10.00. The molecule has 0 aliphatic carbocycles. The number of anilines is 1. The van der Waals surface area contributed by atoms with E-state index in [2.05, 4.69) is 11.9 Å². The fraction of sp³-hybridized carbons (Fsp3) is 0.500. The maximum absolute atomic E-state index is 12.1. The first-order chi connectivity index (χ1) is 10.1. The number of benzene rings is 1. The van der Waals surface area contributed by atoms with Crippen molar-refractivity contribution in [3.05, 3.63) is 28.8 Å². The number of halogens is 1. The third-order valence-electron chi connectivity index (χ3n) is 4.54. The normalized spacial score (nSPS) is 22.8. The first-order valence-electron chi connectivity index (χ1n) is 7.44. The Labute approximate surface area is 129 Å². The summed E-state index contributed by atoms with van der Waals surface area (Å²) in [5.74, 6) is -0.866. The molecule has 0 radical (unpaired) electrons. The van der Waals surface area contributed by atoms with Crippen LogP contribution in [0.25, 0.3) is 0 Å². The molecule has 4 nitrogen and oxygen atoms in total. The second kappa shape index (κ2) is 5.78. The molecule has 1 fully saturated rings. The zero-order valence-corrected chi connectivity index (χ0v) is 12.9. The van der Waals surface area contributed by atoms with Crippen molar-refractivity contribution in [3.8, 4) is 0 Å². The monoisotopic (exact) mass is 306 g/mol. The molecule has 0 spiro atoms. The van der Waals surface area contributed by atoms with E-state index in [-0.39, 0.29) is 0 Å². The lowest BCUT2D eigenvalue weighted by molar-refractivity contribution is -0.114. The number of likely N-dealkylation sites (tertiary alicyclic amines) is 1. The molecule has 2 aliphatic heterocycles. The Morgan fingerprint density at radius 1 is 1.29 bits per heavy atom. The van der Waals surface area contributed by atoms with Gasteiger partial charge in [0.25, 0.3) is 11.7 Å². The number of Topliss-reactive ketones (excluding diaryl/α,β-unsaturated/α-hetero) is 1. The van der Waals surface area contributed by atoms with Crippen LogP contribution < -0.4 is 4.90 Å². The molecule has 5 heteroatoms. The molecule has 1 aromatic carbocycles. The lowest BCUT2D eigenvalue weighted by Crippen LogP contribution is -2.40. The summed E-state index contributed by atoms with van der Waals surface area (Å²) in [5, 5.41) is 0.490. The van der Waals surface area contributed by atoms with E-state index in [0.29, 0.717) is 28.9 Å². The third kappa shape index (κ3) is 2.70. The topological polar surface area (TPSA) is 40.6 Å². The Balaban J connectivity index is 1.74. The summed E-state index contributed by atoms with van der Waals surface area (Å²) in [4.78, 5) is 28.1. The average Bonchev–Trinajstić information content (AvgIpc) is 2.71. The maximum atomic E-state index is 12.1. The van der Waals surface area contributed by atoms with E-state index < -0.39 is 11.7 Å². The number of nitrogens with zero attached hydrogens (tertiary/aromatic N) is 2. The van der Waals surface area contributed by atoms with Crippen LogP contribution in [0.3, 0.4) is 0 Å². The highest BCUT2D eigenvalue weighted by Crippen LogP contribution is 2.32. The summed E-state index contributed by atoms with van der Waals surface area (Å²) in [5.41, 5.74) is 1.14. The molecule has 0 bridgehead atoms.